The highest BCUT2D eigenvalue weighted by Gasteiger charge is 2.54. The smallest absolute Gasteiger partial charge is 0.250 e. The Hall–Kier alpha value is -2.06. The van der Waals surface area contributed by atoms with Gasteiger partial charge in [-0.2, -0.15) is 10.4 Å². The van der Waals surface area contributed by atoms with Gasteiger partial charge < -0.3 is 4.43 Å². The Balaban J connectivity index is 1.37. The molecule has 0 unspecified atom stereocenters. The SMILES string of the molecule is CC(C)(C)[Si](C)(C)Oc1ccc2c(c1)CC[C@@H]1[C@@H]2CC[C@]2(C)c3nn(CCC#N)cc3C[C@@H]12. The minimum atomic E-state index is -1.82. The van der Waals surface area contributed by atoms with E-state index < -0.39 is 8.32 Å². The van der Waals surface area contributed by atoms with Gasteiger partial charge in [0.1, 0.15) is 5.75 Å². The van der Waals surface area contributed by atoms with E-state index in [1.54, 1.807) is 5.56 Å². The van der Waals surface area contributed by atoms with Crippen LogP contribution >= 0.6 is 0 Å². The van der Waals surface area contributed by atoms with E-state index in [4.69, 9.17) is 14.8 Å². The number of hydrogen-bond acceptors (Lipinski definition) is 3. The van der Waals surface area contributed by atoms with Crippen LogP contribution in [0.25, 0.3) is 0 Å². The quantitative estimate of drug-likeness (QED) is 0.473. The van der Waals surface area contributed by atoms with Crippen molar-refractivity contribution in [3.05, 3.63) is 46.8 Å². The van der Waals surface area contributed by atoms with Gasteiger partial charge in [-0.3, -0.25) is 4.68 Å². The summed E-state index contributed by atoms with van der Waals surface area (Å²) in [6.45, 7) is 14.8. The van der Waals surface area contributed by atoms with E-state index >= 15 is 0 Å². The third-order valence-corrected chi connectivity index (χ3v) is 13.9. The lowest BCUT2D eigenvalue weighted by atomic mass is 9.55. The van der Waals surface area contributed by atoms with Crippen molar-refractivity contribution in [2.45, 2.75) is 102 Å². The lowest BCUT2D eigenvalue weighted by Crippen LogP contribution is -2.44. The average molecular weight is 462 g/mol. The van der Waals surface area contributed by atoms with E-state index in [1.165, 1.54) is 36.1 Å². The number of nitriles is 1. The second-order valence-corrected chi connectivity index (χ2v) is 17.2. The van der Waals surface area contributed by atoms with Crippen LogP contribution < -0.4 is 4.43 Å². The van der Waals surface area contributed by atoms with E-state index in [1.807, 2.05) is 4.68 Å². The summed E-state index contributed by atoms with van der Waals surface area (Å²) in [6.07, 6.45) is 8.81. The van der Waals surface area contributed by atoms with E-state index in [9.17, 15) is 0 Å². The molecule has 2 aromatic rings. The van der Waals surface area contributed by atoms with Crippen LogP contribution in [0.5, 0.6) is 5.75 Å². The largest absolute Gasteiger partial charge is 0.543 e. The average Bonchev–Trinajstić information content (AvgIpc) is 3.27. The molecule has 5 rings (SSSR count). The Bertz CT molecular complexity index is 1110. The molecule has 0 spiro atoms. The van der Waals surface area contributed by atoms with Gasteiger partial charge in [0.05, 0.1) is 24.7 Å². The molecular formula is C28H39N3OSi. The molecule has 0 aliphatic heterocycles. The first-order valence-corrected chi connectivity index (χ1v) is 15.7. The van der Waals surface area contributed by atoms with E-state index in [-0.39, 0.29) is 10.5 Å². The van der Waals surface area contributed by atoms with Gasteiger partial charge in [0.15, 0.2) is 0 Å². The topological polar surface area (TPSA) is 50.8 Å². The number of aryl methyl sites for hydroxylation is 2. The number of benzene rings is 1. The summed E-state index contributed by atoms with van der Waals surface area (Å²) in [5, 5.41) is 14.1. The fourth-order valence-corrected chi connectivity index (χ4v) is 7.69. The molecule has 0 saturated heterocycles. The number of rotatable bonds is 4. The van der Waals surface area contributed by atoms with E-state index in [0.29, 0.717) is 24.8 Å². The van der Waals surface area contributed by atoms with Crippen molar-refractivity contribution in [2.24, 2.45) is 11.8 Å². The summed E-state index contributed by atoms with van der Waals surface area (Å²) in [6, 6.07) is 9.26. The zero-order valence-corrected chi connectivity index (χ0v) is 22.2. The van der Waals surface area contributed by atoms with Crippen LogP contribution in [0.15, 0.2) is 24.4 Å². The van der Waals surface area contributed by atoms with Crippen LogP contribution in [0, 0.1) is 23.2 Å². The number of aromatic nitrogens is 2. The zero-order chi connectivity index (χ0) is 23.6. The normalized spacial score (nSPS) is 28.3. The fraction of sp³-hybridized carbons (Fsp3) is 0.643. The lowest BCUT2D eigenvalue weighted by molar-refractivity contribution is 0.102. The molecule has 1 saturated carbocycles. The molecule has 1 aromatic heterocycles. The predicted molar refractivity (Wildman–Crippen MR) is 135 cm³/mol. The molecule has 176 valence electrons. The molecule has 4 nitrogen and oxygen atoms in total. The third-order valence-electron chi connectivity index (χ3n) is 9.54. The monoisotopic (exact) mass is 461 g/mol. The summed E-state index contributed by atoms with van der Waals surface area (Å²) in [5.41, 5.74) is 6.06. The van der Waals surface area contributed by atoms with Crippen molar-refractivity contribution in [3.63, 3.8) is 0 Å². The van der Waals surface area contributed by atoms with Crippen molar-refractivity contribution >= 4 is 8.32 Å². The minimum absolute atomic E-state index is 0.192. The highest BCUT2D eigenvalue weighted by Crippen LogP contribution is 2.59. The van der Waals surface area contributed by atoms with Crippen LogP contribution in [0.1, 0.15) is 81.7 Å². The molecule has 0 amide bonds. The van der Waals surface area contributed by atoms with Crippen LogP contribution in [0.4, 0.5) is 0 Å². The highest BCUT2D eigenvalue weighted by atomic mass is 28.4. The summed E-state index contributed by atoms with van der Waals surface area (Å²) >= 11 is 0. The summed E-state index contributed by atoms with van der Waals surface area (Å²) in [7, 11) is -1.82. The molecule has 5 heteroatoms. The lowest BCUT2D eigenvalue weighted by Gasteiger charge is -2.49. The van der Waals surface area contributed by atoms with E-state index in [2.05, 4.69) is 71.3 Å². The number of fused-ring (bicyclic) bond motifs is 7. The van der Waals surface area contributed by atoms with Crippen LogP contribution in [0.2, 0.25) is 18.1 Å². The number of hydrogen-bond donors (Lipinski definition) is 0. The Morgan fingerprint density at radius 3 is 2.76 bits per heavy atom. The maximum Gasteiger partial charge on any atom is 0.250 e. The second-order valence-electron chi connectivity index (χ2n) is 12.5. The van der Waals surface area contributed by atoms with Gasteiger partial charge >= 0.3 is 0 Å². The third kappa shape index (κ3) is 3.66. The molecule has 0 bridgehead atoms. The van der Waals surface area contributed by atoms with Crippen LogP contribution in [0.3, 0.4) is 0 Å². The summed E-state index contributed by atoms with van der Waals surface area (Å²) < 4.78 is 8.65. The van der Waals surface area contributed by atoms with Crippen molar-refractivity contribution in [3.8, 4) is 11.8 Å². The van der Waals surface area contributed by atoms with Gasteiger partial charge in [-0.05, 0) is 96.8 Å². The van der Waals surface area contributed by atoms with Gasteiger partial charge in [0.2, 0.25) is 8.32 Å². The Morgan fingerprint density at radius 2 is 2.03 bits per heavy atom. The molecule has 3 aliphatic carbocycles. The zero-order valence-electron chi connectivity index (χ0n) is 21.2. The maximum atomic E-state index is 8.93. The van der Waals surface area contributed by atoms with Gasteiger partial charge in [-0.25, -0.2) is 0 Å². The van der Waals surface area contributed by atoms with Crippen molar-refractivity contribution in [1.82, 2.24) is 9.78 Å². The van der Waals surface area contributed by atoms with Gasteiger partial charge in [-0.1, -0.05) is 33.8 Å². The predicted octanol–water partition coefficient (Wildman–Crippen LogP) is 6.75. The van der Waals surface area contributed by atoms with Crippen molar-refractivity contribution in [1.29, 1.82) is 5.26 Å². The minimum Gasteiger partial charge on any atom is -0.543 e. The van der Waals surface area contributed by atoms with Gasteiger partial charge in [-0.15, -0.1) is 0 Å². The van der Waals surface area contributed by atoms with Crippen molar-refractivity contribution < 1.29 is 4.43 Å². The molecule has 4 atom stereocenters. The first-order valence-electron chi connectivity index (χ1n) is 12.8. The second kappa shape index (κ2) is 7.73. The Labute approximate surface area is 200 Å². The molecule has 0 radical (unpaired) electrons. The standard InChI is InChI=1S/C28H39N3OSi/c1-27(2,3)33(5,6)32-21-9-11-22-19(16-21)8-10-24-23(22)12-13-28(4)25(24)17-20-18-31(15-7-14-29)30-26(20)28/h9,11,16,18,23-25H,7-8,10,12-13,15,17H2,1-6H3/t23-,24-,25+,28+/m1/s1. The molecule has 33 heavy (non-hydrogen) atoms. The van der Waals surface area contributed by atoms with Crippen molar-refractivity contribution in [2.75, 3.05) is 0 Å². The summed E-state index contributed by atoms with van der Waals surface area (Å²) in [4.78, 5) is 0. The molecule has 0 N–H and O–H groups in total. The van der Waals surface area contributed by atoms with Gasteiger partial charge in [0, 0.05) is 11.6 Å². The molecule has 3 aliphatic rings. The number of nitrogens with zero attached hydrogens (tertiary/aromatic N) is 3. The van der Waals surface area contributed by atoms with E-state index in [0.717, 1.165) is 24.5 Å². The highest BCUT2D eigenvalue weighted by molar-refractivity contribution is 6.74. The fourth-order valence-electron chi connectivity index (χ4n) is 6.67. The molecule has 1 fully saturated rings. The maximum absolute atomic E-state index is 8.93. The summed E-state index contributed by atoms with van der Waals surface area (Å²) in [5.74, 6) is 3.18. The van der Waals surface area contributed by atoms with Crippen LogP contribution in [-0.4, -0.2) is 18.1 Å². The Morgan fingerprint density at radius 1 is 1.24 bits per heavy atom. The van der Waals surface area contributed by atoms with Crippen LogP contribution in [-0.2, 0) is 24.8 Å². The first kappa shape index (κ1) is 22.7. The molecule has 1 heterocycles. The Kier molecular flexibility index (Phi) is 5.32. The molecular weight excluding hydrogens is 422 g/mol. The first-order chi connectivity index (χ1) is 15.5. The molecule has 1 aromatic carbocycles. The van der Waals surface area contributed by atoms with Gasteiger partial charge in [0.25, 0.3) is 0 Å².